The molecular weight excluding hydrogens is 242 g/mol. The van der Waals surface area contributed by atoms with Gasteiger partial charge in [0.1, 0.15) is 0 Å². The molecule has 0 saturated carbocycles. The van der Waals surface area contributed by atoms with Crippen molar-refractivity contribution < 1.29 is 0 Å². The van der Waals surface area contributed by atoms with Crippen molar-refractivity contribution in [3.8, 4) is 0 Å². The second-order valence-electron chi connectivity index (χ2n) is 3.33. The Morgan fingerprint density at radius 1 is 1.36 bits per heavy atom. The van der Waals surface area contributed by atoms with E-state index in [-0.39, 0.29) is 23.0 Å². The summed E-state index contributed by atoms with van der Waals surface area (Å²) in [4.78, 5) is 4.10. The average Bonchev–Trinajstić information content (AvgIpc) is 2.53. The van der Waals surface area contributed by atoms with E-state index in [0.717, 1.165) is 6.54 Å². The van der Waals surface area contributed by atoms with E-state index in [9.17, 15) is 0 Å². The van der Waals surface area contributed by atoms with Crippen LogP contribution in [0.25, 0.3) is 0 Å². The summed E-state index contributed by atoms with van der Waals surface area (Å²) >= 11 is 0. The fraction of sp³-hybridized carbons (Fsp3) is 0.300. The number of benzene rings is 1. The van der Waals surface area contributed by atoms with Crippen molar-refractivity contribution in [3.05, 3.63) is 35.4 Å². The summed E-state index contributed by atoms with van der Waals surface area (Å²) in [7, 11) is 0. The number of rotatable bonds is 1. The van der Waals surface area contributed by atoms with Gasteiger partial charge in [0.05, 0.1) is 12.6 Å². The SMILES string of the molecule is Br.Cc1ccc(C2CN=C(N)N2)cc1. The van der Waals surface area contributed by atoms with Crippen LogP contribution in [0.5, 0.6) is 0 Å². The van der Waals surface area contributed by atoms with E-state index in [1.54, 1.807) is 0 Å². The molecule has 4 heteroatoms. The van der Waals surface area contributed by atoms with Gasteiger partial charge >= 0.3 is 0 Å². The van der Waals surface area contributed by atoms with Crippen LogP contribution in [0.4, 0.5) is 0 Å². The molecule has 0 aromatic heterocycles. The molecule has 0 amide bonds. The van der Waals surface area contributed by atoms with Gasteiger partial charge in [-0.15, -0.1) is 17.0 Å². The van der Waals surface area contributed by atoms with Gasteiger partial charge in [-0.25, -0.2) is 0 Å². The number of nitrogens with one attached hydrogen (secondary N) is 1. The molecule has 1 heterocycles. The molecule has 1 aromatic carbocycles. The first kappa shape index (κ1) is 11.0. The van der Waals surface area contributed by atoms with Crippen LogP contribution in [0, 0.1) is 6.92 Å². The second kappa shape index (κ2) is 4.46. The first-order valence-corrected chi connectivity index (χ1v) is 4.39. The van der Waals surface area contributed by atoms with Crippen molar-refractivity contribution in [2.45, 2.75) is 13.0 Å². The van der Waals surface area contributed by atoms with Gasteiger partial charge in [0.25, 0.3) is 0 Å². The van der Waals surface area contributed by atoms with Gasteiger partial charge in [-0.3, -0.25) is 4.99 Å². The standard InChI is InChI=1S/C10H13N3.BrH/c1-7-2-4-8(5-3-7)9-6-12-10(11)13-9;/h2-5,9H,6H2,1H3,(H3,11,12,13);1H. The van der Waals surface area contributed by atoms with Crippen LogP contribution in [0.1, 0.15) is 17.2 Å². The summed E-state index contributed by atoms with van der Waals surface area (Å²) in [5.41, 5.74) is 8.05. The topological polar surface area (TPSA) is 50.4 Å². The highest BCUT2D eigenvalue weighted by molar-refractivity contribution is 8.93. The van der Waals surface area contributed by atoms with Crippen molar-refractivity contribution in [2.24, 2.45) is 10.7 Å². The molecule has 1 aliphatic heterocycles. The summed E-state index contributed by atoms with van der Waals surface area (Å²) in [5, 5.41) is 3.12. The Bertz CT molecular complexity index is 332. The van der Waals surface area contributed by atoms with E-state index in [4.69, 9.17) is 5.73 Å². The lowest BCUT2D eigenvalue weighted by molar-refractivity contribution is 0.707. The molecule has 0 fully saturated rings. The normalized spacial score (nSPS) is 19.5. The largest absolute Gasteiger partial charge is 0.370 e. The molecule has 1 aromatic rings. The minimum atomic E-state index is 0. The van der Waals surface area contributed by atoms with E-state index in [2.05, 4.69) is 41.5 Å². The molecule has 1 unspecified atom stereocenters. The fourth-order valence-corrected chi connectivity index (χ4v) is 1.45. The van der Waals surface area contributed by atoms with Crippen LogP contribution in [-0.4, -0.2) is 12.5 Å². The predicted octanol–water partition coefficient (Wildman–Crippen LogP) is 1.53. The molecule has 1 aliphatic rings. The van der Waals surface area contributed by atoms with Crippen molar-refractivity contribution in [1.82, 2.24) is 5.32 Å². The van der Waals surface area contributed by atoms with Crippen molar-refractivity contribution >= 4 is 22.9 Å². The number of hydrogen-bond acceptors (Lipinski definition) is 3. The van der Waals surface area contributed by atoms with Crippen LogP contribution in [0.15, 0.2) is 29.3 Å². The van der Waals surface area contributed by atoms with Crippen molar-refractivity contribution in [1.29, 1.82) is 0 Å². The second-order valence-corrected chi connectivity index (χ2v) is 3.33. The highest BCUT2D eigenvalue weighted by Crippen LogP contribution is 2.16. The lowest BCUT2D eigenvalue weighted by Crippen LogP contribution is -2.29. The molecule has 76 valence electrons. The number of nitrogens with two attached hydrogens (primary N) is 1. The van der Waals surface area contributed by atoms with Crippen molar-refractivity contribution in [3.63, 3.8) is 0 Å². The predicted molar refractivity (Wildman–Crippen MR) is 63.9 cm³/mol. The smallest absolute Gasteiger partial charge is 0.189 e. The Morgan fingerprint density at radius 3 is 2.50 bits per heavy atom. The fourth-order valence-electron chi connectivity index (χ4n) is 1.45. The number of guanidine groups is 1. The van der Waals surface area contributed by atoms with Gasteiger partial charge in [0.15, 0.2) is 5.96 Å². The minimum Gasteiger partial charge on any atom is -0.370 e. The Labute approximate surface area is 94.2 Å². The third-order valence-corrected chi connectivity index (χ3v) is 2.25. The highest BCUT2D eigenvalue weighted by Gasteiger charge is 2.16. The molecule has 0 spiro atoms. The van der Waals surface area contributed by atoms with Gasteiger partial charge in [-0.1, -0.05) is 29.8 Å². The maximum atomic E-state index is 5.53. The number of halogens is 1. The first-order valence-electron chi connectivity index (χ1n) is 4.39. The molecule has 0 saturated heterocycles. The zero-order valence-corrected chi connectivity index (χ0v) is 9.74. The van der Waals surface area contributed by atoms with Crippen LogP contribution in [0.2, 0.25) is 0 Å². The molecule has 2 rings (SSSR count). The minimum absolute atomic E-state index is 0. The summed E-state index contributed by atoms with van der Waals surface area (Å²) in [5.74, 6) is 0.547. The Morgan fingerprint density at radius 2 is 2.00 bits per heavy atom. The monoisotopic (exact) mass is 255 g/mol. The third kappa shape index (κ3) is 2.26. The molecule has 14 heavy (non-hydrogen) atoms. The van der Waals surface area contributed by atoms with Crippen LogP contribution >= 0.6 is 17.0 Å². The van der Waals surface area contributed by atoms with Crippen LogP contribution in [-0.2, 0) is 0 Å². The lowest BCUT2D eigenvalue weighted by Gasteiger charge is -2.10. The molecule has 0 aliphatic carbocycles. The molecule has 0 bridgehead atoms. The Kier molecular flexibility index (Phi) is 3.52. The van der Waals surface area contributed by atoms with E-state index < -0.39 is 0 Å². The molecule has 0 radical (unpaired) electrons. The third-order valence-electron chi connectivity index (χ3n) is 2.25. The van der Waals surface area contributed by atoms with Crippen LogP contribution in [0.3, 0.4) is 0 Å². The first-order chi connectivity index (χ1) is 6.25. The lowest BCUT2D eigenvalue weighted by atomic mass is 10.1. The van der Waals surface area contributed by atoms with Gasteiger partial charge in [0.2, 0.25) is 0 Å². The molecule has 1 atom stereocenters. The van der Waals surface area contributed by atoms with Gasteiger partial charge in [0, 0.05) is 0 Å². The quantitative estimate of drug-likeness (QED) is 0.800. The summed E-state index contributed by atoms with van der Waals surface area (Å²) < 4.78 is 0. The molecule has 3 N–H and O–H groups in total. The van der Waals surface area contributed by atoms with Gasteiger partial charge in [-0.05, 0) is 12.5 Å². The average molecular weight is 256 g/mol. The summed E-state index contributed by atoms with van der Waals surface area (Å²) in [6, 6.07) is 8.69. The van der Waals surface area contributed by atoms with E-state index in [1.807, 2.05) is 0 Å². The number of nitrogens with zero attached hydrogens (tertiary/aromatic N) is 1. The van der Waals surface area contributed by atoms with E-state index in [0.29, 0.717) is 5.96 Å². The maximum absolute atomic E-state index is 5.53. The van der Waals surface area contributed by atoms with Crippen LogP contribution < -0.4 is 11.1 Å². The number of aryl methyl sites for hydroxylation is 1. The number of aliphatic imine (C=N–C) groups is 1. The molecular formula is C10H14BrN3. The zero-order valence-electron chi connectivity index (χ0n) is 8.03. The van der Waals surface area contributed by atoms with E-state index >= 15 is 0 Å². The Hall–Kier alpha value is -1.03. The van der Waals surface area contributed by atoms with Gasteiger partial charge < -0.3 is 11.1 Å². The Balaban J connectivity index is 0.000000980. The van der Waals surface area contributed by atoms with Crippen molar-refractivity contribution in [2.75, 3.05) is 6.54 Å². The maximum Gasteiger partial charge on any atom is 0.189 e. The zero-order chi connectivity index (χ0) is 9.26. The van der Waals surface area contributed by atoms with E-state index in [1.165, 1.54) is 11.1 Å². The summed E-state index contributed by atoms with van der Waals surface area (Å²) in [6.07, 6.45) is 0. The molecule has 3 nitrogen and oxygen atoms in total. The van der Waals surface area contributed by atoms with Gasteiger partial charge in [-0.2, -0.15) is 0 Å². The highest BCUT2D eigenvalue weighted by atomic mass is 79.9. The summed E-state index contributed by atoms with van der Waals surface area (Å²) in [6.45, 7) is 2.83. The number of hydrogen-bond donors (Lipinski definition) is 2.